The second kappa shape index (κ2) is 10.1. The van der Waals surface area contributed by atoms with Crippen LogP contribution < -0.4 is 0 Å². The quantitative estimate of drug-likeness (QED) is 0.421. The Bertz CT molecular complexity index is 1080. The number of likely N-dealkylation sites (tertiary alicyclic amines) is 1. The topological polar surface area (TPSA) is 72.6 Å². The maximum absolute atomic E-state index is 12.5. The van der Waals surface area contributed by atoms with Gasteiger partial charge in [-0.25, -0.2) is 4.98 Å². The van der Waals surface area contributed by atoms with E-state index in [1.54, 1.807) is 11.0 Å². The predicted octanol–water partition coefficient (Wildman–Crippen LogP) is 4.65. The van der Waals surface area contributed by atoms with Gasteiger partial charge in [0.15, 0.2) is 0 Å². The van der Waals surface area contributed by atoms with Crippen molar-refractivity contribution in [1.82, 2.24) is 9.88 Å². The number of benzene rings is 2. The van der Waals surface area contributed by atoms with Crippen molar-refractivity contribution >= 4 is 18.0 Å². The first-order valence-electron chi connectivity index (χ1n) is 10.8. The van der Waals surface area contributed by atoms with Gasteiger partial charge >= 0.3 is 5.97 Å². The zero-order valence-corrected chi connectivity index (χ0v) is 18.1. The molecule has 1 aliphatic rings. The fourth-order valence-electron chi connectivity index (χ4n) is 3.70. The number of aromatic nitrogens is 1. The smallest absolute Gasteiger partial charge is 0.309 e. The standard InChI is InChI=1S/C26H26N2O4/c1-19-23(27-25(32-19)21-10-6-3-7-11-21)18-31-26(30)22-14-16-28(17-15-22)24(29)13-12-20-8-4-2-5-9-20/h2-13,22H,14-18H2,1H3/b13-12+. The number of ether oxygens (including phenoxy) is 1. The molecule has 6 nitrogen and oxygen atoms in total. The van der Waals surface area contributed by atoms with E-state index in [0.717, 1.165) is 11.1 Å². The van der Waals surface area contributed by atoms with Crippen LogP contribution in [0.2, 0.25) is 0 Å². The second-order valence-corrected chi connectivity index (χ2v) is 7.84. The number of aryl methyl sites for hydroxylation is 1. The molecule has 3 aromatic rings. The van der Waals surface area contributed by atoms with E-state index in [1.807, 2.05) is 73.7 Å². The highest BCUT2D eigenvalue weighted by Crippen LogP contribution is 2.23. The van der Waals surface area contributed by atoms with Crippen molar-refractivity contribution in [2.45, 2.75) is 26.4 Å². The Morgan fingerprint density at radius 3 is 2.41 bits per heavy atom. The molecule has 0 atom stereocenters. The maximum atomic E-state index is 12.5. The minimum absolute atomic E-state index is 0.0349. The molecule has 0 spiro atoms. The van der Waals surface area contributed by atoms with Gasteiger partial charge in [-0.1, -0.05) is 48.5 Å². The zero-order chi connectivity index (χ0) is 22.3. The van der Waals surface area contributed by atoms with Crippen molar-refractivity contribution in [2.24, 2.45) is 5.92 Å². The van der Waals surface area contributed by atoms with Crippen molar-refractivity contribution in [3.8, 4) is 11.5 Å². The predicted molar refractivity (Wildman–Crippen MR) is 121 cm³/mol. The fraction of sp³-hybridized carbons (Fsp3) is 0.269. The normalized spacial score (nSPS) is 14.6. The lowest BCUT2D eigenvalue weighted by Gasteiger charge is -2.30. The highest BCUT2D eigenvalue weighted by molar-refractivity contribution is 5.92. The summed E-state index contributed by atoms with van der Waals surface area (Å²) < 4.78 is 11.2. The molecule has 1 amide bonds. The van der Waals surface area contributed by atoms with Crippen LogP contribution in [-0.2, 0) is 20.9 Å². The second-order valence-electron chi connectivity index (χ2n) is 7.84. The third-order valence-electron chi connectivity index (χ3n) is 5.62. The van der Waals surface area contributed by atoms with E-state index >= 15 is 0 Å². The minimum Gasteiger partial charge on any atom is -0.459 e. The van der Waals surface area contributed by atoms with Crippen LogP contribution in [0.1, 0.15) is 29.9 Å². The lowest BCUT2D eigenvalue weighted by Crippen LogP contribution is -2.39. The third kappa shape index (κ3) is 5.32. The Kier molecular flexibility index (Phi) is 6.80. The van der Waals surface area contributed by atoms with Crippen molar-refractivity contribution < 1.29 is 18.7 Å². The summed E-state index contributed by atoms with van der Waals surface area (Å²) in [5, 5.41) is 0. The Balaban J connectivity index is 1.26. The van der Waals surface area contributed by atoms with Crippen LogP contribution in [0.5, 0.6) is 0 Å². The minimum atomic E-state index is -0.249. The van der Waals surface area contributed by atoms with Crippen LogP contribution in [0.25, 0.3) is 17.5 Å². The van der Waals surface area contributed by atoms with Crippen LogP contribution >= 0.6 is 0 Å². The van der Waals surface area contributed by atoms with Crippen LogP contribution in [0.15, 0.2) is 71.2 Å². The van der Waals surface area contributed by atoms with Crippen molar-refractivity contribution in [1.29, 1.82) is 0 Å². The van der Waals surface area contributed by atoms with Gasteiger partial charge in [-0.2, -0.15) is 0 Å². The summed E-state index contributed by atoms with van der Waals surface area (Å²) >= 11 is 0. The molecule has 0 unspecified atom stereocenters. The molecule has 6 heteroatoms. The van der Waals surface area contributed by atoms with E-state index in [9.17, 15) is 9.59 Å². The Morgan fingerprint density at radius 1 is 1.06 bits per heavy atom. The van der Waals surface area contributed by atoms with Crippen LogP contribution in [0.3, 0.4) is 0 Å². The van der Waals surface area contributed by atoms with Gasteiger partial charge in [0, 0.05) is 24.7 Å². The summed E-state index contributed by atoms with van der Waals surface area (Å²) in [5.41, 5.74) is 2.49. The van der Waals surface area contributed by atoms with Gasteiger partial charge in [0.2, 0.25) is 11.8 Å². The number of carbonyl (C=O) groups excluding carboxylic acids is 2. The van der Waals surface area contributed by atoms with Crippen LogP contribution in [0.4, 0.5) is 0 Å². The summed E-state index contributed by atoms with van der Waals surface area (Å²) in [5.74, 6) is 0.665. The SMILES string of the molecule is Cc1oc(-c2ccccc2)nc1COC(=O)C1CCN(C(=O)/C=C/c2ccccc2)CC1. The third-order valence-corrected chi connectivity index (χ3v) is 5.62. The number of hydrogen-bond donors (Lipinski definition) is 0. The Morgan fingerprint density at radius 2 is 1.72 bits per heavy atom. The molecule has 2 aromatic carbocycles. The molecule has 4 rings (SSSR count). The van der Waals surface area contributed by atoms with E-state index in [2.05, 4.69) is 4.98 Å². The molecular formula is C26H26N2O4. The highest BCUT2D eigenvalue weighted by atomic mass is 16.5. The number of amides is 1. The van der Waals surface area contributed by atoms with Gasteiger partial charge in [-0.05, 0) is 43.5 Å². The summed E-state index contributed by atoms with van der Waals surface area (Å²) in [6, 6.07) is 19.3. The molecule has 164 valence electrons. The molecule has 1 fully saturated rings. The zero-order valence-electron chi connectivity index (χ0n) is 18.1. The Labute approximate surface area is 187 Å². The van der Waals surface area contributed by atoms with E-state index in [1.165, 1.54) is 0 Å². The monoisotopic (exact) mass is 430 g/mol. The molecule has 32 heavy (non-hydrogen) atoms. The molecule has 0 saturated carbocycles. The first-order chi connectivity index (χ1) is 15.6. The summed E-state index contributed by atoms with van der Waals surface area (Å²) in [7, 11) is 0. The van der Waals surface area contributed by atoms with E-state index in [4.69, 9.17) is 9.15 Å². The van der Waals surface area contributed by atoms with Crippen molar-refractivity contribution in [3.63, 3.8) is 0 Å². The molecular weight excluding hydrogens is 404 g/mol. The summed E-state index contributed by atoms with van der Waals surface area (Å²) in [6.07, 6.45) is 4.59. The summed E-state index contributed by atoms with van der Waals surface area (Å²) in [4.78, 5) is 31.2. The number of rotatable bonds is 6. The Hall–Kier alpha value is -3.67. The maximum Gasteiger partial charge on any atom is 0.309 e. The molecule has 0 bridgehead atoms. The van der Waals surface area contributed by atoms with Crippen LogP contribution in [0, 0.1) is 12.8 Å². The molecule has 2 heterocycles. The first-order valence-corrected chi connectivity index (χ1v) is 10.8. The van der Waals surface area contributed by atoms with Gasteiger partial charge in [0.25, 0.3) is 0 Å². The lowest BCUT2D eigenvalue weighted by molar-refractivity contribution is -0.152. The van der Waals surface area contributed by atoms with Gasteiger partial charge in [-0.15, -0.1) is 0 Å². The number of oxazole rings is 1. The molecule has 0 N–H and O–H groups in total. The van der Waals surface area contributed by atoms with Crippen molar-refractivity contribution in [3.05, 3.63) is 83.8 Å². The lowest BCUT2D eigenvalue weighted by atomic mass is 9.97. The number of hydrogen-bond acceptors (Lipinski definition) is 5. The van der Waals surface area contributed by atoms with Gasteiger partial charge in [0.1, 0.15) is 18.1 Å². The number of carbonyl (C=O) groups is 2. The molecule has 1 saturated heterocycles. The molecule has 0 aliphatic carbocycles. The molecule has 1 aliphatic heterocycles. The number of nitrogens with zero attached hydrogens (tertiary/aromatic N) is 2. The highest BCUT2D eigenvalue weighted by Gasteiger charge is 2.28. The number of esters is 1. The first kappa shape index (κ1) is 21.6. The largest absolute Gasteiger partial charge is 0.459 e. The molecule has 1 aromatic heterocycles. The molecule has 0 radical (unpaired) electrons. The van der Waals surface area contributed by atoms with Gasteiger partial charge in [0.05, 0.1) is 5.92 Å². The average Bonchev–Trinajstić information content (AvgIpc) is 3.22. The van der Waals surface area contributed by atoms with Crippen LogP contribution in [-0.4, -0.2) is 34.8 Å². The average molecular weight is 431 g/mol. The van der Waals surface area contributed by atoms with E-state index < -0.39 is 0 Å². The van der Waals surface area contributed by atoms with Gasteiger partial charge < -0.3 is 14.1 Å². The van der Waals surface area contributed by atoms with Gasteiger partial charge in [-0.3, -0.25) is 9.59 Å². The van der Waals surface area contributed by atoms with E-state index in [-0.39, 0.29) is 24.4 Å². The van der Waals surface area contributed by atoms with Crippen molar-refractivity contribution in [2.75, 3.05) is 13.1 Å². The number of piperidine rings is 1. The van der Waals surface area contributed by atoms with E-state index in [0.29, 0.717) is 43.3 Å². The fourth-order valence-corrected chi connectivity index (χ4v) is 3.70. The summed E-state index contributed by atoms with van der Waals surface area (Å²) in [6.45, 7) is 2.98.